The number of fused-ring (bicyclic) bond motifs is 1. The van der Waals surface area contributed by atoms with Crippen molar-refractivity contribution in [2.45, 2.75) is 39.5 Å². The summed E-state index contributed by atoms with van der Waals surface area (Å²) >= 11 is 0. The van der Waals surface area contributed by atoms with Crippen LogP contribution in [0, 0.1) is 5.92 Å². The number of amides is 1. The van der Waals surface area contributed by atoms with E-state index in [1.54, 1.807) is 0 Å². The smallest absolute Gasteiger partial charge is 0.225 e. The minimum Gasteiger partial charge on any atom is -0.352 e. The largest absolute Gasteiger partial charge is 0.352 e. The van der Waals surface area contributed by atoms with Gasteiger partial charge in [0.2, 0.25) is 5.91 Å². The van der Waals surface area contributed by atoms with Crippen LogP contribution in [0.25, 0.3) is 22.0 Å². The topological polar surface area (TPSA) is 49.3 Å². The molecule has 5 nitrogen and oxygen atoms in total. The predicted molar refractivity (Wildman–Crippen MR) is 127 cm³/mol. The molecule has 1 saturated heterocycles. The molecule has 0 N–H and O–H groups in total. The Hall–Kier alpha value is -2.95. The minimum atomic E-state index is 0.183. The third-order valence-corrected chi connectivity index (χ3v) is 6.23. The molecule has 0 spiro atoms. The molecule has 2 heterocycles. The van der Waals surface area contributed by atoms with E-state index in [9.17, 15) is 4.79 Å². The molecule has 1 amide bonds. The average molecular weight is 417 g/mol. The molecule has 2 aromatic carbocycles. The summed E-state index contributed by atoms with van der Waals surface area (Å²) in [5.74, 6) is 1.40. The molecule has 1 aliphatic heterocycles. The Bertz CT molecular complexity index is 1000. The molecule has 0 bridgehead atoms. The second-order valence-electron chi connectivity index (χ2n) is 8.43. The van der Waals surface area contributed by atoms with E-state index in [4.69, 9.17) is 0 Å². The number of nitrogens with zero attached hydrogens (tertiary/aromatic N) is 4. The quantitative estimate of drug-likeness (QED) is 0.534. The average Bonchev–Trinajstić information content (AvgIpc) is 2.83. The Kier molecular flexibility index (Phi) is 6.80. The van der Waals surface area contributed by atoms with Gasteiger partial charge in [0.15, 0.2) is 5.82 Å². The van der Waals surface area contributed by atoms with E-state index < -0.39 is 0 Å². The maximum absolute atomic E-state index is 12.9. The van der Waals surface area contributed by atoms with E-state index >= 15 is 0 Å². The van der Waals surface area contributed by atoms with E-state index in [-0.39, 0.29) is 5.92 Å². The third kappa shape index (κ3) is 4.87. The summed E-state index contributed by atoms with van der Waals surface area (Å²) < 4.78 is 0. The molecule has 4 rings (SSSR count). The predicted octanol–water partition coefficient (Wildman–Crippen LogP) is 5.16. The van der Waals surface area contributed by atoms with Crippen molar-refractivity contribution in [1.29, 1.82) is 0 Å². The lowest BCUT2D eigenvalue weighted by Gasteiger charge is -2.36. The Morgan fingerprint density at radius 1 is 0.871 bits per heavy atom. The lowest BCUT2D eigenvalue weighted by atomic mass is 9.96. The van der Waals surface area contributed by atoms with Crippen molar-refractivity contribution in [3.8, 4) is 11.3 Å². The van der Waals surface area contributed by atoms with E-state index in [0.717, 1.165) is 68.9 Å². The number of rotatable bonds is 7. The zero-order valence-electron chi connectivity index (χ0n) is 18.6. The SMILES string of the molecule is CCCC(CCC)C(=O)N1CCN(c2ccc(-c3ccc4ccccc4c3)nn2)CC1. The first kappa shape index (κ1) is 21.3. The molecule has 0 atom stereocenters. The van der Waals surface area contributed by atoms with Crippen molar-refractivity contribution >= 4 is 22.5 Å². The number of anilines is 1. The first-order valence-corrected chi connectivity index (χ1v) is 11.6. The minimum absolute atomic E-state index is 0.183. The molecular formula is C26H32N4O. The summed E-state index contributed by atoms with van der Waals surface area (Å²) in [6, 6.07) is 18.8. The highest BCUT2D eigenvalue weighted by Gasteiger charge is 2.27. The first-order chi connectivity index (χ1) is 15.2. The highest BCUT2D eigenvalue weighted by molar-refractivity contribution is 5.86. The molecule has 1 aromatic heterocycles. The Balaban J connectivity index is 1.39. The summed E-state index contributed by atoms with van der Waals surface area (Å²) in [6.07, 6.45) is 4.12. The van der Waals surface area contributed by atoms with Crippen molar-refractivity contribution in [2.24, 2.45) is 5.92 Å². The number of benzene rings is 2. The third-order valence-electron chi connectivity index (χ3n) is 6.23. The summed E-state index contributed by atoms with van der Waals surface area (Å²) in [5.41, 5.74) is 1.95. The van der Waals surface area contributed by atoms with Gasteiger partial charge in [-0.15, -0.1) is 10.2 Å². The molecule has 3 aromatic rings. The Labute approximate surface area is 185 Å². The maximum Gasteiger partial charge on any atom is 0.225 e. The van der Waals surface area contributed by atoms with Crippen LogP contribution in [0.2, 0.25) is 0 Å². The van der Waals surface area contributed by atoms with Gasteiger partial charge in [-0.25, -0.2) is 0 Å². The standard InChI is InChI=1S/C26H32N4O/c1-3-7-21(8-4-2)26(31)30-17-15-29(16-18-30)25-14-13-24(27-28-25)23-12-11-20-9-5-6-10-22(20)19-23/h5-6,9-14,19,21H,3-4,7-8,15-18H2,1-2H3. The van der Waals surface area contributed by atoms with Crippen LogP contribution in [-0.2, 0) is 4.79 Å². The van der Waals surface area contributed by atoms with Gasteiger partial charge in [0.1, 0.15) is 0 Å². The number of hydrogen-bond donors (Lipinski definition) is 0. The normalized spacial score (nSPS) is 14.4. The van der Waals surface area contributed by atoms with Gasteiger partial charge < -0.3 is 9.80 Å². The van der Waals surface area contributed by atoms with Gasteiger partial charge in [0.05, 0.1) is 5.69 Å². The highest BCUT2D eigenvalue weighted by atomic mass is 16.2. The molecule has 31 heavy (non-hydrogen) atoms. The number of carbonyl (C=O) groups excluding carboxylic acids is 1. The van der Waals surface area contributed by atoms with Gasteiger partial charge in [0, 0.05) is 37.7 Å². The van der Waals surface area contributed by atoms with Crippen LogP contribution in [0.15, 0.2) is 54.6 Å². The zero-order valence-corrected chi connectivity index (χ0v) is 18.6. The van der Waals surface area contributed by atoms with E-state index in [1.165, 1.54) is 10.8 Å². The van der Waals surface area contributed by atoms with E-state index in [0.29, 0.717) is 5.91 Å². The molecule has 162 valence electrons. The van der Waals surface area contributed by atoms with E-state index in [1.807, 2.05) is 17.0 Å². The van der Waals surface area contributed by atoms with Gasteiger partial charge in [0.25, 0.3) is 0 Å². The number of carbonyl (C=O) groups is 1. The van der Waals surface area contributed by atoms with Crippen LogP contribution < -0.4 is 4.90 Å². The molecule has 1 aliphatic rings. The number of piperazine rings is 1. The molecule has 5 heteroatoms. The van der Waals surface area contributed by atoms with Gasteiger partial charge in [-0.1, -0.05) is 63.1 Å². The van der Waals surface area contributed by atoms with Crippen LogP contribution in [0.5, 0.6) is 0 Å². The van der Waals surface area contributed by atoms with Crippen LogP contribution in [-0.4, -0.2) is 47.2 Å². The summed E-state index contributed by atoms with van der Waals surface area (Å²) in [5, 5.41) is 11.4. The highest BCUT2D eigenvalue weighted by Crippen LogP contribution is 2.24. The molecule has 0 aliphatic carbocycles. The van der Waals surface area contributed by atoms with Crippen molar-refractivity contribution < 1.29 is 4.79 Å². The summed E-state index contributed by atoms with van der Waals surface area (Å²) in [7, 11) is 0. The fourth-order valence-corrected chi connectivity index (χ4v) is 4.50. The van der Waals surface area contributed by atoms with Crippen LogP contribution in [0.3, 0.4) is 0 Å². The maximum atomic E-state index is 12.9. The van der Waals surface area contributed by atoms with Gasteiger partial charge in [-0.05, 0) is 41.8 Å². The van der Waals surface area contributed by atoms with Crippen LogP contribution in [0.4, 0.5) is 5.82 Å². The second-order valence-corrected chi connectivity index (χ2v) is 8.43. The van der Waals surface area contributed by atoms with E-state index in [2.05, 4.69) is 71.4 Å². The van der Waals surface area contributed by atoms with Crippen molar-refractivity contribution in [3.05, 3.63) is 54.6 Å². The van der Waals surface area contributed by atoms with Gasteiger partial charge in [-0.2, -0.15) is 0 Å². The second kappa shape index (κ2) is 9.90. The molecule has 0 radical (unpaired) electrons. The van der Waals surface area contributed by atoms with Crippen molar-refractivity contribution in [2.75, 3.05) is 31.1 Å². The first-order valence-electron chi connectivity index (χ1n) is 11.6. The number of aromatic nitrogens is 2. The van der Waals surface area contributed by atoms with Gasteiger partial charge >= 0.3 is 0 Å². The Morgan fingerprint density at radius 2 is 1.58 bits per heavy atom. The van der Waals surface area contributed by atoms with Crippen LogP contribution >= 0.6 is 0 Å². The zero-order chi connectivity index (χ0) is 21.6. The van der Waals surface area contributed by atoms with Crippen molar-refractivity contribution in [3.63, 3.8) is 0 Å². The summed E-state index contributed by atoms with van der Waals surface area (Å²) in [4.78, 5) is 17.2. The number of hydrogen-bond acceptors (Lipinski definition) is 4. The fourth-order valence-electron chi connectivity index (χ4n) is 4.50. The lowest BCUT2D eigenvalue weighted by molar-refractivity contribution is -0.136. The molecule has 0 saturated carbocycles. The lowest BCUT2D eigenvalue weighted by Crippen LogP contribution is -2.50. The van der Waals surface area contributed by atoms with Gasteiger partial charge in [-0.3, -0.25) is 4.79 Å². The molecule has 1 fully saturated rings. The van der Waals surface area contributed by atoms with Crippen molar-refractivity contribution in [1.82, 2.24) is 15.1 Å². The van der Waals surface area contributed by atoms with Crippen LogP contribution in [0.1, 0.15) is 39.5 Å². The monoisotopic (exact) mass is 416 g/mol. The summed E-state index contributed by atoms with van der Waals surface area (Å²) in [6.45, 7) is 7.46. The molecule has 0 unspecified atom stereocenters. The fraction of sp³-hybridized carbons (Fsp3) is 0.423. The molecular weight excluding hydrogens is 384 g/mol. The Morgan fingerprint density at radius 3 is 2.23 bits per heavy atom.